The predicted molar refractivity (Wildman–Crippen MR) is 76.8 cm³/mol. The molecule has 1 aliphatic heterocycles. The molecular formula is C14H20BrNO2. The first kappa shape index (κ1) is 13.8. The summed E-state index contributed by atoms with van der Waals surface area (Å²) in [5.74, 6) is 0.372. The molecule has 18 heavy (non-hydrogen) atoms. The van der Waals surface area contributed by atoms with Crippen molar-refractivity contribution in [3.05, 3.63) is 28.2 Å². The van der Waals surface area contributed by atoms with Gasteiger partial charge in [-0.15, -0.1) is 0 Å². The molecule has 0 radical (unpaired) electrons. The van der Waals surface area contributed by atoms with Crippen LogP contribution in [0.5, 0.6) is 0 Å². The van der Waals surface area contributed by atoms with Crippen molar-refractivity contribution < 1.29 is 10.2 Å². The first-order valence-corrected chi connectivity index (χ1v) is 7.19. The zero-order chi connectivity index (χ0) is 13.3. The Morgan fingerprint density at radius 2 is 2.17 bits per heavy atom. The number of piperidine rings is 1. The molecule has 1 saturated heterocycles. The topological polar surface area (TPSA) is 43.7 Å². The van der Waals surface area contributed by atoms with E-state index in [1.165, 1.54) is 0 Å². The van der Waals surface area contributed by atoms with E-state index < -0.39 is 6.10 Å². The number of benzene rings is 1. The van der Waals surface area contributed by atoms with Gasteiger partial charge in [-0.25, -0.2) is 0 Å². The summed E-state index contributed by atoms with van der Waals surface area (Å²) in [5.41, 5.74) is 1.99. The number of hydrogen-bond donors (Lipinski definition) is 2. The van der Waals surface area contributed by atoms with E-state index in [0.717, 1.165) is 28.7 Å². The lowest BCUT2D eigenvalue weighted by Gasteiger charge is -2.36. The van der Waals surface area contributed by atoms with Crippen LogP contribution in [0.25, 0.3) is 0 Å². The number of anilines is 1. The monoisotopic (exact) mass is 313 g/mol. The number of hydrogen-bond acceptors (Lipinski definition) is 3. The molecular weight excluding hydrogens is 294 g/mol. The van der Waals surface area contributed by atoms with Crippen LogP contribution in [-0.4, -0.2) is 29.4 Å². The van der Waals surface area contributed by atoms with E-state index in [1.54, 1.807) is 6.92 Å². The van der Waals surface area contributed by atoms with Crippen molar-refractivity contribution in [3.8, 4) is 0 Å². The Bertz CT molecular complexity index is 422. The van der Waals surface area contributed by atoms with Crippen LogP contribution in [0.3, 0.4) is 0 Å². The minimum absolute atomic E-state index is 0.262. The number of nitrogens with zero attached hydrogens (tertiary/aromatic N) is 1. The van der Waals surface area contributed by atoms with Gasteiger partial charge in [0.2, 0.25) is 0 Å². The van der Waals surface area contributed by atoms with Gasteiger partial charge >= 0.3 is 0 Å². The summed E-state index contributed by atoms with van der Waals surface area (Å²) in [6.45, 7) is 5.49. The average molecular weight is 314 g/mol. The van der Waals surface area contributed by atoms with Crippen LogP contribution in [0.2, 0.25) is 0 Å². The van der Waals surface area contributed by atoms with Gasteiger partial charge in [0, 0.05) is 17.6 Å². The van der Waals surface area contributed by atoms with Crippen molar-refractivity contribution in [3.63, 3.8) is 0 Å². The summed E-state index contributed by atoms with van der Waals surface area (Å²) in [5, 5.41) is 19.5. The third-order valence-electron chi connectivity index (χ3n) is 3.71. The molecule has 0 spiro atoms. The molecule has 0 aliphatic carbocycles. The lowest BCUT2D eigenvalue weighted by Crippen LogP contribution is -2.43. The second-order valence-corrected chi connectivity index (χ2v) is 6.02. The zero-order valence-electron chi connectivity index (χ0n) is 10.8. The van der Waals surface area contributed by atoms with Crippen LogP contribution in [0, 0.1) is 5.92 Å². The third kappa shape index (κ3) is 2.87. The van der Waals surface area contributed by atoms with Gasteiger partial charge in [-0.3, -0.25) is 0 Å². The average Bonchev–Trinajstić information content (AvgIpc) is 2.32. The SMILES string of the molecule is CC(O)c1ccc(N2CCC(C)C(O)C2)c(Br)c1. The van der Waals surface area contributed by atoms with Crippen molar-refractivity contribution >= 4 is 21.6 Å². The lowest BCUT2D eigenvalue weighted by atomic mass is 9.95. The van der Waals surface area contributed by atoms with Gasteiger partial charge in [0.05, 0.1) is 17.9 Å². The summed E-state index contributed by atoms with van der Waals surface area (Å²) < 4.78 is 0.975. The maximum atomic E-state index is 9.95. The Labute approximate surface area is 117 Å². The molecule has 2 N–H and O–H groups in total. The molecule has 4 heteroatoms. The normalized spacial score (nSPS) is 26.2. The van der Waals surface area contributed by atoms with Gasteiger partial charge in [0.1, 0.15) is 0 Å². The summed E-state index contributed by atoms with van der Waals surface area (Å²) in [4.78, 5) is 2.20. The standard InChI is InChI=1S/C14H20BrNO2/c1-9-5-6-16(8-14(9)18)13-4-3-11(10(2)17)7-12(13)15/h3-4,7,9-10,14,17-18H,5-6,8H2,1-2H3. The number of halogens is 1. The maximum Gasteiger partial charge on any atom is 0.0762 e. The first-order chi connectivity index (χ1) is 8.49. The summed E-state index contributed by atoms with van der Waals surface area (Å²) in [6, 6.07) is 5.90. The van der Waals surface area contributed by atoms with Gasteiger partial charge < -0.3 is 15.1 Å². The molecule has 3 atom stereocenters. The van der Waals surface area contributed by atoms with Crippen molar-refractivity contribution in [1.82, 2.24) is 0 Å². The molecule has 1 fully saturated rings. The van der Waals surface area contributed by atoms with Crippen LogP contribution in [0.1, 0.15) is 31.9 Å². The van der Waals surface area contributed by atoms with Crippen LogP contribution < -0.4 is 4.90 Å². The fraction of sp³-hybridized carbons (Fsp3) is 0.571. The molecule has 0 aromatic heterocycles. The van der Waals surface area contributed by atoms with Gasteiger partial charge in [-0.05, 0) is 52.9 Å². The minimum Gasteiger partial charge on any atom is -0.391 e. The molecule has 0 amide bonds. The third-order valence-corrected chi connectivity index (χ3v) is 4.35. The highest BCUT2D eigenvalue weighted by Crippen LogP contribution is 2.32. The van der Waals surface area contributed by atoms with Gasteiger partial charge in [0.25, 0.3) is 0 Å². The fourth-order valence-electron chi connectivity index (χ4n) is 2.31. The smallest absolute Gasteiger partial charge is 0.0762 e. The van der Waals surface area contributed by atoms with E-state index in [1.807, 2.05) is 18.2 Å². The fourth-order valence-corrected chi connectivity index (χ4v) is 2.95. The Balaban J connectivity index is 2.19. The maximum absolute atomic E-state index is 9.95. The second-order valence-electron chi connectivity index (χ2n) is 5.17. The van der Waals surface area contributed by atoms with E-state index in [0.29, 0.717) is 12.5 Å². The van der Waals surface area contributed by atoms with Gasteiger partial charge in [0.15, 0.2) is 0 Å². The highest BCUT2D eigenvalue weighted by Gasteiger charge is 2.25. The van der Waals surface area contributed by atoms with E-state index in [2.05, 4.69) is 27.8 Å². The molecule has 0 saturated carbocycles. The Morgan fingerprint density at radius 1 is 1.44 bits per heavy atom. The molecule has 1 heterocycles. The number of β-amino-alcohol motifs (C(OH)–C–C–N with tert-alkyl or cyclic N) is 1. The Morgan fingerprint density at radius 3 is 2.72 bits per heavy atom. The summed E-state index contributed by atoms with van der Waals surface area (Å²) >= 11 is 3.55. The summed E-state index contributed by atoms with van der Waals surface area (Å²) in [7, 11) is 0. The van der Waals surface area contributed by atoms with E-state index in [-0.39, 0.29) is 6.10 Å². The molecule has 100 valence electrons. The van der Waals surface area contributed by atoms with Crippen LogP contribution in [0.15, 0.2) is 22.7 Å². The molecule has 1 aromatic rings. The lowest BCUT2D eigenvalue weighted by molar-refractivity contribution is 0.103. The summed E-state index contributed by atoms with van der Waals surface area (Å²) in [6.07, 6.45) is 0.288. The second kappa shape index (κ2) is 5.59. The van der Waals surface area contributed by atoms with Gasteiger partial charge in [-0.2, -0.15) is 0 Å². The molecule has 3 nitrogen and oxygen atoms in total. The van der Waals surface area contributed by atoms with Crippen molar-refractivity contribution in [2.45, 2.75) is 32.5 Å². The van der Waals surface area contributed by atoms with Crippen LogP contribution >= 0.6 is 15.9 Å². The van der Waals surface area contributed by atoms with Gasteiger partial charge in [-0.1, -0.05) is 13.0 Å². The van der Waals surface area contributed by atoms with E-state index >= 15 is 0 Å². The largest absolute Gasteiger partial charge is 0.391 e. The van der Waals surface area contributed by atoms with E-state index in [4.69, 9.17) is 0 Å². The molecule has 3 unspecified atom stereocenters. The molecule has 1 aliphatic rings. The molecule has 2 rings (SSSR count). The number of aliphatic hydroxyl groups is 2. The van der Waals surface area contributed by atoms with Crippen molar-refractivity contribution in [1.29, 1.82) is 0 Å². The van der Waals surface area contributed by atoms with Crippen LogP contribution in [-0.2, 0) is 0 Å². The number of rotatable bonds is 2. The van der Waals surface area contributed by atoms with Crippen molar-refractivity contribution in [2.75, 3.05) is 18.0 Å². The number of aliphatic hydroxyl groups excluding tert-OH is 2. The Kier molecular flexibility index (Phi) is 4.30. The van der Waals surface area contributed by atoms with E-state index in [9.17, 15) is 10.2 Å². The quantitative estimate of drug-likeness (QED) is 0.882. The van der Waals surface area contributed by atoms with Crippen molar-refractivity contribution in [2.24, 2.45) is 5.92 Å². The highest BCUT2D eigenvalue weighted by molar-refractivity contribution is 9.10. The predicted octanol–water partition coefficient (Wildman–Crippen LogP) is 2.71. The zero-order valence-corrected chi connectivity index (χ0v) is 12.4. The molecule has 1 aromatic carbocycles. The first-order valence-electron chi connectivity index (χ1n) is 6.39. The minimum atomic E-state index is -0.456. The molecule has 0 bridgehead atoms. The highest BCUT2D eigenvalue weighted by atomic mass is 79.9. The Hall–Kier alpha value is -0.580. The van der Waals surface area contributed by atoms with Crippen LogP contribution in [0.4, 0.5) is 5.69 Å².